The fourth-order valence-corrected chi connectivity index (χ4v) is 2.56. The van der Waals surface area contributed by atoms with Crippen molar-refractivity contribution < 1.29 is 9.18 Å². The van der Waals surface area contributed by atoms with Crippen LogP contribution in [0.3, 0.4) is 0 Å². The summed E-state index contributed by atoms with van der Waals surface area (Å²) >= 11 is 11.7. The van der Waals surface area contributed by atoms with Gasteiger partial charge in [-0.1, -0.05) is 23.2 Å². The summed E-state index contributed by atoms with van der Waals surface area (Å²) in [6.45, 7) is 1.83. The number of hydrogen-bond acceptors (Lipinski definition) is 2. The number of amides is 1. The number of aromatic nitrogens is 2. The van der Waals surface area contributed by atoms with Gasteiger partial charge in [0.05, 0.1) is 0 Å². The van der Waals surface area contributed by atoms with E-state index in [1.54, 1.807) is 30.3 Å². The molecule has 0 bridgehead atoms. The molecule has 0 aliphatic heterocycles. The van der Waals surface area contributed by atoms with Crippen molar-refractivity contribution in [3.63, 3.8) is 0 Å². The minimum Gasteiger partial charge on any atom is -0.325 e. The van der Waals surface area contributed by atoms with Gasteiger partial charge in [-0.25, -0.2) is 4.39 Å². The predicted molar refractivity (Wildman–Crippen MR) is 105 cm³/mol. The Labute approximate surface area is 164 Å². The van der Waals surface area contributed by atoms with E-state index >= 15 is 0 Å². The maximum atomic E-state index is 13.6. The van der Waals surface area contributed by atoms with Gasteiger partial charge in [0.1, 0.15) is 5.82 Å². The largest absolute Gasteiger partial charge is 0.325 e. The van der Waals surface area contributed by atoms with Gasteiger partial charge in [-0.15, -0.1) is 0 Å². The average Bonchev–Trinajstić information content (AvgIpc) is 2.99. The van der Waals surface area contributed by atoms with Crippen molar-refractivity contribution in [1.82, 2.24) is 10.2 Å². The molecule has 9 heteroatoms. The smallest absolute Gasteiger partial charge is 0.280 e. The van der Waals surface area contributed by atoms with Crippen LogP contribution < -0.4 is 10.6 Å². The highest BCUT2D eigenvalue weighted by molar-refractivity contribution is 6.31. The number of guanidine groups is 1. The molecule has 0 aliphatic rings. The highest BCUT2D eigenvalue weighted by Gasteiger charge is 2.10. The highest BCUT2D eigenvalue weighted by Crippen LogP contribution is 2.19. The summed E-state index contributed by atoms with van der Waals surface area (Å²) in [7, 11) is 0. The molecule has 6 nitrogen and oxygen atoms in total. The van der Waals surface area contributed by atoms with Gasteiger partial charge in [0.2, 0.25) is 5.96 Å². The molecule has 27 heavy (non-hydrogen) atoms. The minimum absolute atomic E-state index is 0.0584. The van der Waals surface area contributed by atoms with Gasteiger partial charge in [0.25, 0.3) is 5.91 Å². The first kappa shape index (κ1) is 18.9. The molecule has 0 spiro atoms. The summed E-state index contributed by atoms with van der Waals surface area (Å²) in [4.78, 5) is 16.5. The van der Waals surface area contributed by atoms with E-state index < -0.39 is 11.7 Å². The van der Waals surface area contributed by atoms with Crippen LogP contribution in [-0.2, 0) is 0 Å². The van der Waals surface area contributed by atoms with Crippen LogP contribution in [-0.4, -0.2) is 22.1 Å². The first-order valence-corrected chi connectivity index (χ1v) is 8.55. The molecule has 3 N–H and O–H groups in total. The van der Waals surface area contributed by atoms with E-state index in [1.165, 1.54) is 18.2 Å². The quantitative estimate of drug-likeness (QED) is 0.428. The summed E-state index contributed by atoms with van der Waals surface area (Å²) in [5, 5.41) is 13.2. The second-order valence-corrected chi connectivity index (χ2v) is 6.49. The van der Waals surface area contributed by atoms with Crippen molar-refractivity contribution in [3.8, 4) is 0 Å². The van der Waals surface area contributed by atoms with Gasteiger partial charge < -0.3 is 10.6 Å². The van der Waals surface area contributed by atoms with Gasteiger partial charge in [-0.2, -0.15) is 10.1 Å². The molecule has 3 rings (SSSR count). The summed E-state index contributed by atoms with van der Waals surface area (Å²) in [6.07, 6.45) is 0. The average molecular weight is 406 g/mol. The first-order chi connectivity index (χ1) is 12.9. The molecule has 3 aromatic rings. The summed E-state index contributed by atoms with van der Waals surface area (Å²) in [5.74, 6) is -0.548. The number of carbonyl (C=O) groups is 1. The number of aliphatic imine (C=N–C) groups is 1. The van der Waals surface area contributed by atoms with Crippen molar-refractivity contribution in [3.05, 3.63) is 75.7 Å². The van der Waals surface area contributed by atoms with E-state index in [2.05, 4.69) is 25.8 Å². The number of aryl methyl sites for hydroxylation is 1. The van der Waals surface area contributed by atoms with E-state index in [-0.39, 0.29) is 11.0 Å². The van der Waals surface area contributed by atoms with Gasteiger partial charge >= 0.3 is 0 Å². The molecular weight excluding hydrogens is 392 g/mol. The van der Waals surface area contributed by atoms with Gasteiger partial charge in [0, 0.05) is 33.1 Å². The number of nitrogens with one attached hydrogen (secondary N) is 3. The zero-order valence-electron chi connectivity index (χ0n) is 14.1. The van der Waals surface area contributed by atoms with Gasteiger partial charge in [-0.3, -0.25) is 9.89 Å². The Bertz CT molecular complexity index is 981. The van der Waals surface area contributed by atoms with Gasteiger partial charge in [-0.05, 0) is 49.4 Å². The zero-order chi connectivity index (χ0) is 19.4. The lowest BCUT2D eigenvalue weighted by Crippen LogP contribution is -2.24. The van der Waals surface area contributed by atoms with E-state index in [1.807, 2.05) is 6.92 Å². The van der Waals surface area contributed by atoms with Crippen LogP contribution in [0.15, 0.2) is 53.5 Å². The SMILES string of the molecule is Cc1cc(N/C(=N\C(=O)c2ccc(Cl)cc2)Nc2cc(F)cc(Cl)c2)n[nH]1. The Morgan fingerprint density at radius 2 is 1.81 bits per heavy atom. The molecule has 0 aliphatic carbocycles. The van der Waals surface area contributed by atoms with E-state index in [0.717, 1.165) is 5.69 Å². The fraction of sp³-hybridized carbons (Fsp3) is 0.0556. The molecule has 1 aromatic heterocycles. The van der Waals surface area contributed by atoms with E-state index in [4.69, 9.17) is 23.2 Å². The third-order valence-electron chi connectivity index (χ3n) is 3.38. The maximum absolute atomic E-state index is 13.6. The first-order valence-electron chi connectivity index (χ1n) is 7.80. The molecule has 2 aromatic carbocycles. The minimum atomic E-state index is -0.524. The Kier molecular flexibility index (Phi) is 5.73. The number of hydrogen-bond donors (Lipinski definition) is 3. The van der Waals surface area contributed by atoms with Crippen LogP contribution in [0.4, 0.5) is 15.9 Å². The fourth-order valence-electron chi connectivity index (χ4n) is 2.21. The van der Waals surface area contributed by atoms with Crippen LogP contribution >= 0.6 is 23.2 Å². The number of nitrogens with zero attached hydrogens (tertiary/aromatic N) is 2. The van der Waals surface area contributed by atoms with Crippen molar-refractivity contribution in [2.75, 3.05) is 10.6 Å². The standard InChI is InChI=1S/C18H14Cl2FN5O/c1-10-6-16(26-25-10)23-18(22-15-8-13(20)7-14(21)9-15)24-17(27)11-2-4-12(19)5-3-11/h2-9H,1H3,(H3,22,23,24,25,26,27). The number of halogens is 3. The van der Waals surface area contributed by atoms with Crippen molar-refractivity contribution in [2.24, 2.45) is 4.99 Å². The topological polar surface area (TPSA) is 82.2 Å². The number of benzene rings is 2. The molecule has 1 amide bonds. The number of carbonyl (C=O) groups excluding carboxylic acids is 1. The molecule has 0 radical (unpaired) electrons. The number of rotatable bonds is 3. The lowest BCUT2D eigenvalue weighted by atomic mass is 10.2. The normalized spacial score (nSPS) is 11.3. The van der Waals surface area contributed by atoms with Crippen molar-refractivity contribution >= 4 is 46.6 Å². The van der Waals surface area contributed by atoms with Crippen LogP contribution in [0.2, 0.25) is 10.0 Å². The van der Waals surface area contributed by atoms with Crippen molar-refractivity contribution in [1.29, 1.82) is 0 Å². The van der Waals surface area contributed by atoms with Crippen LogP contribution in [0.5, 0.6) is 0 Å². The summed E-state index contributed by atoms with van der Waals surface area (Å²) in [5.41, 5.74) is 1.48. The zero-order valence-corrected chi connectivity index (χ0v) is 15.6. The molecule has 1 heterocycles. The van der Waals surface area contributed by atoms with E-state index in [0.29, 0.717) is 22.1 Å². The lowest BCUT2D eigenvalue weighted by Gasteiger charge is -2.11. The monoisotopic (exact) mass is 405 g/mol. The van der Waals surface area contributed by atoms with Crippen molar-refractivity contribution in [2.45, 2.75) is 6.92 Å². The molecule has 138 valence electrons. The molecule has 0 unspecified atom stereocenters. The summed E-state index contributed by atoms with van der Waals surface area (Å²) < 4.78 is 13.6. The third kappa shape index (κ3) is 5.29. The molecule has 0 atom stereocenters. The van der Waals surface area contributed by atoms with E-state index in [9.17, 15) is 9.18 Å². The number of H-pyrrole nitrogens is 1. The Morgan fingerprint density at radius 3 is 2.44 bits per heavy atom. The molecule has 0 saturated carbocycles. The molecule has 0 fully saturated rings. The third-order valence-corrected chi connectivity index (χ3v) is 3.85. The van der Waals surface area contributed by atoms with Crippen LogP contribution in [0, 0.1) is 12.7 Å². The van der Waals surface area contributed by atoms with Crippen LogP contribution in [0.1, 0.15) is 16.1 Å². The number of aromatic amines is 1. The summed E-state index contributed by atoms with van der Waals surface area (Å²) in [6, 6.07) is 11.9. The van der Waals surface area contributed by atoms with Crippen LogP contribution in [0.25, 0.3) is 0 Å². The highest BCUT2D eigenvalue weighted by atomic mass is 35.5. The number of anilines is 2. The Hall–Kier alpha value is -2.90. The maximum Gasteiger partial charge on any atom is 0.280 e. The Morgan fingerprint density at radius 1 is 1.07 bits per heavy atom. The second-order valence-electron chi connectivity index (χ2n) is 5.62. The second kappa shape index (κ2) is 8.20. The molecular formula is C18H14Cl2FN5O. The molecule has 0 saturated heterocycles. The Balaban J connectivity index is 1.90. The predicted octanol–water partition coefficient (Wildman–Crippen LogP) is 4.88. The van der Waals surface area contributed by atoms with Gasteiger partial charge in [0.15, 0.2) is 5.82 Å². The lowest BCUT2D eigenvalue weighted by molar-refractivity contribution is 0.100.